The summed E-state index contributed by atoms with van der Waals surface area (Å²) in [4.78, 5) is 23.7. The first kappa shape index (κ1) is 14.7. The van der Waals surface area contributed by atoms with Crippen molar-refractivity contribution in [2.75, 3.05) is 7.11 Å². The number of carbonyl (C=O) groups is 2. The van der Waals surface area contributed by atoms with Gasteiger partial charge in [-0.2, -0.15) is 5.26 Å². The van der Waals surface area contributed by atoms with Crippen LogP contribution in [0.1, 0.15) is 25.5 Å². The lowest BCUT2D eigenvalue weighted by Gasteiger charge is -2.21. The molecule has 0 saturated carbocycles. The average molecular weight is 260 g/mol. The first-order valence-corrected chi connectivity index (χ1v) is 5.77. The van der Waals surface area contributed by atoms with Gasteiger partial charge in [0.25, 0.3) is 0 Å². The van der Waals surface area contributed by atoms with E-state index in [1.165, 1.54) is 21.0 Å². The van der Waals surface area contributed by atoms with Gasteiger partial charge in [0, 0.05) is 0 Å². The van der Waals surface area contributed by atoms with Crippen molar-refractivity contribution in [1.82, 2.24) is 5.32 Å². The van der Waals surface area contributed by atoms with Crippen molar-refractivity contribution in [3.63, 3.8) is 0 Å². The topological polar surface area (TPSA) is 79.2 Å². The van der Waals surface area contributed by atoms with Gasteiger partial charge in [-0.15, -0.1) is 0 Å². The van der Waals surface area contributed by atoms with Gasteiger partial charge < -0.3 is 10.1 Å². The second-order valence-electron chi connectivity index (χ2n) is 4.58. The first-order chi connectivity index (χ1) is 8.92. The molecule has 0 heterocycles. The molecule has 0 spiro atoms. The summed E-state index contributed by atoms with van der Waals surface area (Å²) in [5.74, 6) is -1.09. The summed E-state index contributed by atoms with van der Waals surface area (Å²) in [5, 5.41) is 11.5. The minimum atomic E-state index is -1.21. The van der Waals surface area contributed by atoms with Gasteiger partial charge in [-0.25, -0.2) is 4.79 Å². The number of carbonyl (C=O) groups excluding carboxylic acids is 2. The van der Waals surface area contributed by atoms with E-state index in [1.807, 2.05) is 6.07 Å². The van der Waals surface area contributed by atoms with Crippen molar-refractivity contribution in [2.24, 2.45) is 5.41 Å². The number of amides is 1. The van der Waals surface area contributed by atoms with Crippen LogP contribution in [0.4, 0.5) is 0 Å². The highest BCUT2D eigenvalue weighted by Crippen LogP contribution is 2.19. The monoisotopic (exact) mass is 260 g/mol. The van der Waals surface area contributed by atoms with Crippen molar-refractivity contribution in [3.05, 3.63) is 35.9 Å². The Bertz CT molecular complexity index is 503. The van der Waals surface area contributed by atoms with Crippen LogP contribution in [0.2, 0.25) is 0 Å². The molecule has 1 N–H and O–H groups in total. The third-order valence-corrected chi connectivity index (χ3v) is 2.69. The zero-order valence-corrected chi connectivity index (χ0v) is 11.1. The molecule has 1 aromatic rings. The Morgan fingerprint density at radius 1 is 1.32 bits per heavy atom. The molecule has 0 fully saturated rings. The number of hydrogen-bond donors (Lipinski definition) is 1. The smallest absolute Gasteiger partial charge is 0.333 e. The lowest BCUT2D eigenvalue weighted by molar-refractivity contribution is -0.146. The molecule has 0 aliphatic rings. The highest BCUT2D eigenvalue weighted by molar-refractivity contribution is 5.89. The van der Waals surface area contributed by atoms with Crippen molar-refractivity contribution >= 4 is 11.9 Å². The fraction of sp³-hybridized carbons (Fsp3) is 0.357. The van der Waals surface area contributed by atoms with Crippen LogP contribution in [0.5, 0.6) is 0 Å². The largest absolute Gasteiger partial charge is 0.467 e. The third kappa shape index (κ3) is 3.55. The Morgan fingerprint density at radius 2 is 1.89 bits per heavy atom. The number of benzene rings is 1. The molecule has 1 aromatic carbocycles. The van der Waals surface area contributed by atoms with Gasteiger partial charge in [-0.3, -0.25) is 4.79 Å². The molecule has 1 rings (SSSR count). The van der Waals surface area contributed by atoms with Gasteiger partial charge >= 0.3 is 5.97 Å². The molecule has 0 bridgehead atoms. The maximum atomic E-state index is 12.0. The highest BCUT2D eigenvalue weighted by atomic mass is 16.5. The number of esters is 1. The fourth-order valence-corrected chi connectivity index (χ4v) is 1.40. The molecule has 0 saturated heterocycles. The molecule has 0 radical (unpaired) electrons. The summed E-state index contributed by atoms with van der Waals surface area (Å²) in [6, 6.07) is 9.72. The minimum absolute atomic E-state index is 0.519. The zero-order valence-electron chi connectivity index (χ0n) is 11.1. The van der Waals surface area contributed by atoms with Crippen LogP contribution in [0.15, 0.2) is 30.3 Å². The van der Waals surface area contributed by atoms with Crippen LogP contribution in [0.3, 0.4) is 0 Å². The van der Waals surface area contributed by atoms with E-state index in [-0.39, 0.29) is 0 Å². The summed E-state index contributed by atoms with van der Waals surface area (Å²) in [5.41, 5.74) is -0.599. The third-order valence-electron chi connectivity index (χ3n) is 2.69. The molecule has 1 amide bonds. The predicted molar refractivity (Wildman–Crippen MR) is 68.7 cm³/mol. The quantitative estimate of drug-likeness (QED) is 0.833. The summed E-state index contributed by atoms with van der Waals surface area (Å²) in [6.07, 6.45) is 0. The fourth-order valence-electron chi connectivity index (χ4n) is 1.40. The second kappa shape index (κ2) is 6.01. The predicted octanol–water partition coefficient (Wildman–Crippen LogP) is 1.57. The molecule has 19 heavy (non-hydrogen) atoms. The number of nitriles is 1. The van der Waals surface area contributed by atoms with Gasteiger partial charge in [0.05, 0.1) is 13.2 Å². The summed E-state index contributed by atoms with van der Waals surface area (Å²) in [6.45, 7) is 2.98. The van der Waals surface area contributed by atoms with Gasteiger partial charge in [0.1, 0.15) is 5.41 Å². The Hall–Kier alpha value is -2.35. The van der Waals surface area contributed by atoms with Crippen LogP contribution in [0.25, 0.3) is 0 Å². The van der Waals surface area contributed by atoms with Crippen LogP contribution in [0, 0.1) is 16.7 Å². The molecule has 0 aliphatic carbocycles. The first-order valence-electron chi connectivity index (χ1n) is 5.77. The normalized spacial score (nSPS) is 12.1. The van der Waals surface area contributed by atoms with Crippen molar-refractivity contribution in [1.29, 1.82) is 5.26 Å². The van der Waals surface area contributed by atoms with E-state index in [9.17, 15) is 9.59 Å². The summed E-state index contributed by atoms with van der Waals surface area (Å²) < 4.78 is 4.68. The minimum Gasteiger partial charge on any atom is -0.467 e. The summed E-state index contributed by atoms with van der Waals surface area (Å²) in [7, 11) is 1.25. The molecular weight excluding hydrogens is 244 g/mol. The van der Waals surface area contributed by atoms with E-state index in [1.54, 1.807) is 30.3 Å². The Balaban J connectivity index is 2.99. The lowest BCUT2D eigenvalue weighted by Crippen LogP contribution is -2.41. The Labute approximate surface area is 112 Å². The maximum Gasteiger partial charge on any atom is 0.333 e. The maximum absolute atomic E-state index is 12.0. The zero-order chi connectivity index (χ0) is 14.5. The van der Waals surface area contributed by atoms with E-state index in [2.05, 4.69) is 10.1 Å². The van der Waals surface area contributed by atoms with Crippen LogP contribution < -0.4 is 5.32 Å². The Morgan fingerprint density at radius 3 is 2.37 bits per heavy atom. The number of methoxy groups -OCH3 is 1. The number of ether oxygens (including phenoxy) is 1. The number of nitrogens with one attached hydrogen (secondary N) is 1. The van der Waals surface area contributed by atoms with E-state index >= 15 is 0 Å². The number of nitrogens with zero attached hydrogens (tertiary/aromatic N) is 1. The number of rotatable bonds is 4. The molecule has 0 aliphatic heterocycles. The molecule has 1 atom stereocenters. The molecule has 5 nitrogen and oxygen atoms in total. The van der Waals surface area contributed by atoms with Gasteiger partial charge in [0.2, 0.25) is 5.91 Å². The van der Waals surface area contributed by atoms with Crippen LogP contribution in [-0.2, 0) is 14.3 Å². The molecular formula is C14H16N2O3. The van der Waals surface area contributed by atoms with Crippen molar-refractivity contribution in [2.45, 2.75) is 19.9 Å². The lowest BCUT2D eigenvalue weighted by atomic mass is 9.93. The van der Waals surface area contributed by atoms with E-state index in [0.29, 0.717) is 5.56 Å². The van der Waals surface area contributed by atoms with Gasteiger partial charge in [-0.1, -0.05) is 30.3 Å². The summed E-state index contributed by atoms with van der Waals surface area (Å²) >= 11 is 0. The second-order valence-corrected chi connectivity index (χ2v) is 4.58. The molecule has 5 heteroatoms. The Kier molecular flexibility index (Phi) is 4.65. The molecule has 100 valence electrons. The molecule has 0 unspecified atom stereocenters. The van der Waals surface area contributed by atoms with Gasteiger partial charge in [0.15, 0.2) is 6.04 Å². The van der Waals surface area contributed by atoms with E-state index < -0.39 is 23.3 Å². The SMILES string of the molecule is COC(=O)[C@H](NC(=O)C(C)(C)C#N)c1ccccc1. The highest BCUT2D eigenvalue weighted by Gasteiger charge is 2.32. The van der Waals surface area contributed by atoms with Crippen LogP contribution >= 0.6 is 0 Å². The van der Waals surface area contributed by atoms with Crippen LogP contribution in [-0.4, -0.2) is 19.0 Å². The standard InChI is InChI=1S/C14H16N2O3/c1-14(2,9-15)13(18)16-11(12(17)19-3)10-7-5-4-6-8-10/h4-8,11H,1-3H3,(H,16,18)/t11-/m1/s1. The van der Waals surface area contributed by atoms with E-state index in [4.69, 9.17) is 5.26 Å². The van der Waals surface area contributed by atoms with Crippen molar-refractivity contribution < 1.29 is 14.3 Å². The average Bonchev–Trinajstić information content (AvgIpc) is 2.44. The molecule has 0 aromatic heterocycles. The van der Waals surface area contributed by atoms with E-state index in [0.717, 1.165) is 0 Å². The number of hydrogen-bond acceptors (Lipinski definition) is 4. The van der Waals surface area contributed by atoms with Crippen molar-refractivity contribution in [3.8, 4) is 6.07 Å². The van der Waals surface area contributed by atoms with Gasteiger partial charge in [-0.05, 0) is 19.4 Å².